The molecule has 0 saturated heterocycles. The molecule has 1 aromatic carbocycles. The molecule has 2 aromatic rings. The minimum absolute atomic E-state index is 0.453. The first kappa shape index (κ1) is 17.3. The molecule has 5 nitrogen and oxygen atoms in total. The van der Waals surface area contributed by atoms with Gasteiger partial charge in [0.15, 0.2) is 5.96 Å². The van der Waals surface area contributed by atoms with Crippen LogP contribution in [0.2, 0.25) is 5.02 Å². The Morgan fingerprint density at radius 2 is 2.09 bits per heavy atom. The highest BCUT2D eigenvalue weighted by molar-refractivity contribution is 6.30. The third-order valence-corrected chi connectivity index (χ3v) is 3.61. The van der Waals surface area contributed by atoms with Crippen molar-refractivity contribution in [2.24, 2.45) is 10.9 Å². The first-order valence-electron chi connectivity index (χ1n) is 7.91. The molecule has 1 atom stereocenters. The van der Waals surface area contributed by atoms with Crippen molar-refractivity contribution < 1.29 is 0 Å². The molecular weight excluding hydrogens is 310 g/mol. The zero-order valence-electron chi connectivity index (χ0n) is 13.7. The highest BCUT2D eigenvalue weighted by atomic mass is 35.5. The summed E-state index contributed by atoms with van der Waals surface area (Å²) < 4.78 is 1.95. The van der Waals surface area contributed by atoms with E-state index in [1.807, 2.05) is 41.2 Å². The SMILES string of the molecule is CCNC(=NCc1ccc(Cl)cc1)NCC(C)Cn1cccn1. The molecule has 0 radical (unpaired) electrons. The van der Waals surface area contributed by atoms with E-state index in [0.717, 1.165) is 36.2 Å². The van der Waals surface area contributed by atoms with E-state index in [1.54, 1.807) is 6.20 Å². The Morgan fingerprint density at radius 1 is 1.30 bits per heavy atom. The summed E-state index contributed by atoms with van der Waals surface area (Å²) >= 11 is 5.90. The quantitative estimate of drug-likeness (QED) is 0.605. The molecule has 23 heavy (non-hydrogen) atoms. The molecule has 1 heterocycles. The number of hydrogen-bond donors (Lipinski definition) is 2. The predicted octanol–water partition coefficient (Wildman–Crippen LogP) is 2.93. The van der Waals surface area contributed by atoms with Crippen LogP contribution in [-0.2, 0) is 13.1 Å². The average Bonchev–Trinajstić information content (AvgIpc) is 3.04. The fourth-order valence-corrected chi connectivity index (χ4v) is 2.29. The normalized spacial score (nSPS) is 12.9. The molecule has 0 fully saturated rings. The Balaban J connectivity index is 1.84. The van der Waals surface area contributed by atoms with Gasteiger partial charge in [0, 0.05) is 37.1 Å². The number of hydrogen-bond acceptors (Lipinski definition) is 2. The Labute approximate surface area is 142 Å². The maximum absolute atomic E-state index is 5.90. The number of benzene rings is 1. The maximum Gasteiger partial charge on any atom is 0.191 e. The second-order valence-corrected chi connectivity index (χ2v) is 5.97. The van der Waals surface area contributed by atoms with Gasteiger partial charge in [-0.2, -0.15) is 5.10 Å². The summed E-state index contributed by atoms with van der Waals surface area (Å²) in [6, 6.07) is 9.71. The second-order valence-electron chi connectivity index (χ2n) is 5.54. The average molecular weight is 334 g/mol. The summed E-state index contributed by atoms with van der Waals surface area (Å²) in [4.78, 5) is 4.61. The van der Waals surface area contributed by atoms with Crippen LogP contribution in [0, 0.1) is 5.92 Å². The number of nitrogens with zero attached hydrogens (tertiary/aromatic N) is 3. The van der Waals surface area contributed by atoms with Crippen molar-refractivity contribution in [3.05, 3.63) is 53.3 Å². The van der Waals surface area contributed by atoms with Crippen LogP contribution in [0.4, 0.5) is 0 Å². The lowest BCUT2D eigenvalue weighted by molar-refractivity contribution is 0.443. The van der Waals surface area contributed by atoms with Gasteiger partial charge in [0.1, 0.15) is 0 Å². The van der Waals surface area contributed by atoms with Gasteiger partial charge in [-0.3, -0.25) is 4.68 Å². The van der Waals surface area contributed by atoms with Crippen LogP contribution >= 0.6 is 11.6 Å². The molecule has 6 heteroatoms. The minimum Gasteiger partial charge on any atom is -0.357 e. The number of aliphatic imine (C=N–C) groups is 1. The highest BCUT2D eigenvalue weighted by Gasteiger charge is 2.05. The summed E-state index contributed by atoms with van der Waals surface area (Å²) in [7, 11) is 0. The standard InChI is InChI=1S/C17H24ClN5/c1-3-19-17(21-12-15-5-7-16(18)8-6-15)20-11-14(2)13-23-10-4-9-22-23/h4-10,14H,3,11-13H2,1-2H3,(H2,19,20,21). The zero-order valence-corrected chi connectivity index (χ0v) is 14.4. The third kappa shape index (κ3) is 6.32. The Hall–Kier alpha value is -2.01. The molecule has 1 unspecified atom stereocenters. The van der Waals surface area contributed by atoms with Gasteiger partial charge in [0.25, 0.3) is 0 Å². The van der Waals surface area contributed by atoms with Gasteiger partial charge >= 0.3 is 0 Å². The van der Waals surface area contributed by atoms with Gasteiger partial charge in [0.05, 0.1) is 6.54 Å². The lowest BCUT2D eigenvalue weighted by Gasteiger charge is -2.16. The van der Waals surface area contributed by atoms with Crippen LogP contribution in [0.25, 0.3) is 0 Å². The monoisotopic (exact) mass is 333 g/mol. The summed E-state index contributed by atoms with van der Waals surface area (Å²) in [6.45, 7) is 7.44. The first-order chi connectivity index (χ1) is 11.2. The lowest BCUT2D eigenvalue weighted by atomic mass is 10.2. The lowest BCUT2D eigenvalue weighted by Crippen LogP contribution is -2.40. The van der Waals surface area contributed by atoms with Gasteiger partial charge in [0.2, 0.25) is 0 Å². The summed E-state index contributed by atoms with van der Waals surface area (Å²) in [5.74, 6) is 1.28. The Morgan fingerprint density at radius 3 is 2.74 bits per heavy atom. The molecule has 0 aliphatic heterocycles. The van der Waals surface area contributed by atoms with Crippen LogP contribution in [0.1, 0.15) is 19.4 Å². The van der Waals surface area contributed by atoms with Crippen molar-refractivity contribution in [3.8, 4) is 0 Å². The molecule has 2 rings (SSSR count). The Bertz CT molecular complexity index is 592. The fourth-order valence-electron chi connectivity index (χ4n) is 2.17. The molecule has 0 aliphatic rings. The summed E-state index contributed by atoms with van der Waals surface area (Å²) in [5.41, 5.74) is 1.14. The summed E-state index contributed by atoms with van der Waals surface area (Å²) in [5, 5.41) is 11.6. The molecular formula is C17H24ClN5. The van der Waals surface area contributed by atoms with E-state index in [9.17, 15) is 0 Å². The molecule has 0 bridgehead atoms. The number of guanidine groups is 1. The van der Waals surface area contributed by atoms with Crippen molar-refractivity contribution in [3.63, 3.8) is 0 Å². The minimum atomic E-state index is 0.453. The smallest absolute Gasteiger partial charge is 0.191 e. The Kier molecular flexibility index (Phi) is 6.94. The van der Waals surface area contributed by atoms with Gasteiger partial charge in [-0.25, -0.2) is 4.99 Å². The molecule has 1 aromatic heterocycles. The predicted molar refractivity (Wildman–Crippen MR) is 95.7 cm³/mol. The van der Waals surface area contributed by atoms with Crippen molar-refractivity contribution in [2.75, 3.05) is 13.1 Å². The molecule has 0 spiro atoms. The number of rotatable bonds is 7. The maximum atomic E-state index is 5.90. The summed E-state index contributed by atoms with van der Waals surface area (Å²) in [6.07, 6.45) is 3.79. The molecule has 2 N–H and O–H groups in total. The van der Waals surface area contributed by atoms with Gasteiger partial charge in [-0.1, -0.05) is 30.7 Å². The first-order valence-corrected chi connectivity index (χ1v) is 8.29. The van der Waals surface area contributed by atoms with E-state index in [1.165, 1.54) is 0 Å². The number of nitrogens with one attached hydrogen (secondary N) is 2. The van der Waals surface area contributed by atoms with E-state index in [2.05, 4.69) is 34.6 Å². The van der Waals surface area contributed by atoms with Crippen molar-refractivity contribution in [2.45, 2.75) is 26.9 Å². The largest absolute Gasteiger partial charge is 0.357 e. The van der Waals surface area contributed by atoms with E-state index in [4.69, 9.17) is 11.6 Å². The van der Waals surface area contributed by atoms with Gasteiger partial charge in [-0.05, 0) is 36.6 Å². The van der Waals surface area contributed by atoms with Gasteiger partial charge in [-0.15, -0.1) is 0 Å². The van der Waals surface area contributed by atoms with Crippen LogP contribution in [0.5, 0.6) is 0 Å². The van der Waals surface area contributed by atoms with Crippen molar-refractivity contribution in [1.82, 2.24) is 20.4 Å². The topological polar surface area (TPSA) is 54.2 Å². The van der Waals surface area contributed by atoms with E-state index in [-0.39, 0.29) is 0 Å². The third-order valence-electron chi connectivity index (χ3n) is 3.35. The molecule has 124 valence electrons. The molecule has 0 aliphatic carbocycles. The van der Waals surface area contributed by atoms with Crippen molar-refractivity contribution >= 4 is 17.6 Å². The van der Waals surface area contributed by atoms with E-state index >= 15 is 0 Å². The zero-order chi connectivity index (χ0) is 16.5. The highest BCUT2D eigenvalue weighted by Crippen LogP contribution is 2.10. The number of aromatic nitrogens is 2. The van der Waals surface area contributed by atoms with E-state index in [0.29, 0.717) is 12.5 Å². The van der Waals surface area contributed by atoms with Crippen LogP contribution in [0.15, 0.2) is 47.7 Å². The molecule has 0 saturated carbocycles. The van der Waals surface area contributed by atoms with Crippen LogP contribution in [-0.4, -0.2) is 28.8 Å². The molecule has 0 amide bonds. The van der Waals surface area contributed by atoms with Crippen LogP contribution in [0.3, 0.4) is 0 Å². The fraction of sp³-hybridized carbons (Fsp3) is 0.412. The second kappa shape index (κ2) is 9.20. The van der Waals surface area contributed by atoms with Gasteiger partial charge < -0.3 is 10.6 Å². The van der Waals surface area contributed by atoms with Crippen molar-refractivity contribution in [1.29, 1.82) is 0 Å². The van der Waals surface area contributed by atoms with Crippen LogP contribution < -0.4 is 10.6 Å². The number of halogens is 1. The van der Waals surface area contributed by atoms with E-state index < -0.39 is 0 Å².